The van der Waals surface area contributed by atoms with E-state index >= 15 is 0 Å². The van der Waals surface area contributed by atoms with Crippen molar-refractivity contribution in [1.29, 1.82) is 0 Å². The summed E-state index contributed by atoms with van der Waals surface area (Å²) in [4.78, 5) is 0. The van der Waals surface area contributed by atoms with Gasteiger partial charge in [0.05, 0.1) is 10.0 Å². The molecule has 29 heavy (non-hydrogen) atoms. The lowest BCUT2D eigenvalue weighted by Gasteiger charge is -2.33. The molecule has 0 saturated carbocycles. The zero-order chi connectivity index (χ0) is 21.6. The summed E-state index contributed by atoms with van der Waals surface area (Å²) >= 11 is 24.1. The number of phenols is 2. The molecule has 1 unspecified atom stereocenters. The Balaban J connectivity index is 2.59. The standard InChI is InChI=1S/C19H12Cl4O5S/c20-12-6-4-10(5-7-12)19(29(26,27)28,11-2-1-3-13(24)8-11)14-9-15(21)16(22)17(23)18(14)25/h1-9,24-25H,(H,26,27,28). The van der Waals surface area contributed by atoms with E-state index in [0.717, 1.165) is 12.1 Å². The van der Waals surface area contributed by atoms with Crippen LogP contribution in [0.25, 0.3) is 0 Å². The SMILES string of the molecule is O=S(=O)(O)C(c1ccc(Cl)cc1)(c1cccc(O)c1)c1cc(Cl)c(Cl)c(Cl)c1O. The highest BCUT2D eigenvalue weighted by molar-refractivity contribution is 7.87. The molecule has 0 saturated heterocycles. The van der Waals surface area contributed by atoms with Crippen LogP contribution in [0.5, 0.6) is 11.5 Å². The molecule has 1 atom stereocenters. The maximum atomic E-state index is 12.9. The van der Waals surface area contributed by atoms with Crippen LogP contribution >= 0.6 is 46.4 Å². The van der Waals surface area contributed by atoms with Crippen molar-refractivity contribution >= 4 is 56.5 Å². The number of halogens is 4. The molecule has 10 heteroatoms. The molecule has 3 rings (SSSR count). The van der Waals surface area contributed by atoms with Crippen molar-refractivity contribution in [2.24, 2.45) is 0 Å². The molecule has 3 aromatic rings. The summed E-state index contributed by atoms with van der Waals surface area (Å²) in [6.45, 7) is 0. The second-order valence-corrected chi connectivity index (χ2v) is 9.26. The fourth-order valence-corrected chi connectivity index (χ4v) is 5.20. The smallest absolute Gasteiger partial charge is 0.283 e. The topological polar surface area (TPSA) is 94.8 Å². The van der Waals surface area contributed by atoms with Gasteiger partial charge in [0.15, 0.2) is 4.75 Å². The van der Waals surface area contributed by atoms with Gasteiger partial charge in [-0.25, -0.2) is 0 Å². The summed E-state index contributed by atoms with van der Waals surface area (Å²) in [6, 6.07) is 11.8. The molecular formula is C19H12Cl4O5S. The third-order valence-electron chi connectivity index (χ3n) is 4.41. The largest absolute Gasteiger partial charge is 0.508 e. The molecule has 152 valence electrons. The zero-order valence-corrected chi connectivity index (χ0v) is 18.1. The minimum absolute atomic E-state index is 0.0137. The van der Waals surface area contributed by atoms with Crippen LogP contribution in [0.4, 0.5) is 0 Å². The summed E-state index contributed by atoms with van der Waals surface area (Å²) < 4.78 is 33.9. The van der Waals surface area contributed by atoms with Gasteiger partial charge >= 0.3 is 0 Å². The average Bonchev–Trinajstić information content (AvgIpc) is 2.65. The lowest BCUT2D eigenvalue weighted by atomic mass is 9.83. The molecule has 5 nitrogen and oxygen atoms in total. The number of hydrogen-bond donors (Lipinski definition) is 3. The lowest BCUT2D eigenvalue weighted by Crippen LogP contribution is -2.38. The minimum Gasteiger partial charge on any atom is -0.508 e. The van der Waals surface area contributed by atoms with Gasteiger partial charge in [-0.1, -0.05) is 70.7 Å². The summed E-state index contributed by atoms with van der Waals surface area (Å²) in [5.74, 6) is -0.966. The van der Waals surface area contributed by atoms with Crippen molar-refractivity contribution in [1.82, 2.24) is 0 Å². The van der Waals surface area contributed by atoms with Crippen molar-refractivity contribution in [2.75, 3.05) is 0 Å². The molecule has 0 heterocycles. The van der Waals surface area contributed by atoms with Gasteiger partial charge in [0.25, 0.3) is 10.1 Å². The Morgan fingerprint density at radius 1 is 0.793 bits per heavy atom. The average molecular weight is 494 g/mol. The molecule has 0 aliphatic heterocycles. The molecule has 0 radical (unpaired) electrons. The Hall–Kier alpha value is -1.67. The molecule has 0 aliphatic carbocycles. The first kappa shape index (κ1) is 22.0. The van der Waals surface area contributed by atoms with Crippen LogP contribution in [0, 0.1) is 0 Å². The summed E-state index contributed by atoms with van der Waals surface area (Å²) in [5, 5.41) is 20.3. The molecule has 3 aromatic carbocycles. The number of rotatable bonds is 4. The van der Waals surface area contributed by atoms with E-state index < -0.39 is 25.6 Å². The van der Waals surface area contributed by atoms with E-state index in [1.54, 1.807) is 0 Å². The van der Waals surface area contributed by atoms with Crippen molar-refractivity contribution in [3.8, 4) is 11.5 Å². The van der Waals surface area contributed by atoms with Gasteiger partial charge in [0.2, 0.25) is 0 Å². The normalized spacial score (nSPS) is 13.8. The molecule has 0 fully saturated rings. The summed E-state index contributed by atoms with van der Waals surface area (Å²) in [6.07, 6.45) is 0. The van der Waals surface area contributed by atoms with Gasteiger partial charge in [-0.05, 0) is 41.5 Å². The van der Waals surface area contributed by atoms with E-state index in [-0.39, 0.29) is 32.5 Å². The highest BCUT2D eigenvalue weighted by atomic mass is 35.5. The van der Waals surface area contributed by atoms with Gasteiger partial charge < -0.3 is 10.2 Å². The molecule has 0 spiro atoms. The van der Waals surface area contributed by atoms with Crippen LogP contribution in [0.2, 0.25) is 20.1 Å². The van der Waals surface area contributed by atoms with Crippen LogP contribution in [0.3, 0.4) is 0 Å². The lowest BCUT2D eigenvalue weighted by molar-refractivity contribution is 0.439. The van der Waals surface area contributed by atoms with E-state index in [1.807, 2.05) is 0 Å². The molecule has 0 aromatic heterocycles. The number of phenolic OH excluding ortho intramolecular Hbond substituents is 2. The molecule has 3 N–H and O–H groups in total. The van der Waals surface area contributed by atoms with E-state index in [2.05, 4.69) is 0 Å². The minimum atomic E-state index is -5.06. The van der Waals surface area contributed by atoms with Gasteiger partial charge in [-0.3, -0.25) is 4.55 Å². The van der Waals surface area contributed by atoms with Crippen molar-refractivity contribution in [3.63, 3.8) is 0 Å². The maximum Gasteiger partial charge on any atom is 0.283 e. The first-order chi connectivity index (χ1) is 13.5. The summed E-state index contributed by atoms with van der Waals surface area (Å²) in [5.41, 5.74) is -0.417. The zero-order valence-electron chi connectivity index (χ0n) is 14.3. The first-order valence-corrected chi connectivity index (χ1v) is 10.8. The van der Waals surface area contributed by atoms with Crippen molar-refractivity contribution in [2.45, 2.75) is 4.75 Å². The van der Waals surface area contributed by atoms with Gasteiger partial charge in [-0.2, -0.15) is 8.42 Å². The van der Waals surface area contributed by atoms with Crippen molar-refractivity contribution < 1.29 is 23.2 Å². The molecule has 0 amide bonds. The highest BCUT2D eigenvalue weighted by Crippen LogP contribution is 2.52. The van der Waals surface area contributed by atoms with E-state index in [1.165, 1.54) is 42.5 Å². The van der Waals surface area contributed by atoms with E-state index in [0.29, 0.717) is 5.02 Å². The van der Waals surface area contributed by atoms with E-state index in [4.69, 9.17) is 46.4 Å². The maximum absolute atomic E-state index is 12.9. The summed E-state index contributed by atoms with van der Waals surface area (Å²) in [7, 11) is -5.06. The fraction of sp³-hybridized carbons (Fsp3) is 0.0526. The Labute approximate surface area is 186 Å². The van der Waals surface area contributed by atoms with Crippen LogP contribution in [-0.2, 0) is 14.9 Å². The molecule has 0 bridgehead atoms. The van der Waals surface area contributed by atoms with Crippen LogP contribution in [0.1, 0.15) is 16.7 Å². The Kier molecular flexibility index (Phi) is 5.98. The number of aromatic hydroxyl groups is 2. The predicted octanol–water partition coefficient (Wildman–Crippen LogP) is 5.89. The number of hydrogen-bond acceptors (Lipinski definition) is 4. The second-order valence-electron chi connectivity index (χ2n) is 6.10. The Bertz CT molecular complexity index is 1200. The molecule has 0 aliphatic rings. The third kappa shape index (κ3) is 3.65. The first-order valence-electron chi connectivity index (χ1n) is 7.89. The highest BCUT2D eigenvalue weighted by Gasteiger charge is 2.51. The van der Waals surface area contributed by atoms with Crippen LogP contribution in [-0.4, -0.2) is 23.2 Å². The van der Waals surface area contributed by atoms with Crippen molar-refractivity contribution in [3.05, 3.63) is 91.4 Å². The monoisotopic (exact) mass is 492 g/mol. The predicted molar refractivity (Wildman–Crippen MR) is 114 cm³/mol. The fourth-order valence-electron chi connectivity index (χ4n) is 3.18. The van der Waals surface area contributed by atoms with Crippen LogP contribution in [0.15, 0.2) is 54.6 Å². The second kappa shape index (κ2) is 7.87. The Morgan fingerprint density at radius 3 is 1.97 bits per heavy atom. The van der Waals surface area contributed by atoms with Gasteiger partial charge in [0.1, 0.15) is 16.5 Å². The van der Waals surface area contributed by atoms with Crippen LogP contribution < -0.4 is 0 Å². The molecular weight excluding hydrogens is 482 g/mol. The quantitative estimate of drug-likeness (QED) is 0.239. The number of benzene rings is 3. The third-order valence-corrected chi connectivity index (χ3v) is 7.38. The van der Waals surface area contributed by atoms with Gasteiger partial charge in [-0.15, -0.1) is 0 Å². The van der Waals surface area contributed by atoms with E-state index in [9.17, 15) is 23.2 Å². The van der Waals surface area contributed by atoms with Gasteiger partial charge in [0, 0.05) is 10.6 Å². The Morgan fingerprint density at radius 2 is 1.41 bits per heavy atom.